The van der Waals surface area contributed by atoms with Gasteiger partial charge in [-0.1, -0.05) is 24.3 Å². The lowest BCUT2D eigenvalue weighted by Crippen LogP contribution is -2.10. The molecule has 0 amide bonds. The Labute approximate surface area is 128 Å². The Morgan fingerprint density at radius 2 is 2.00 bits per heavy atom. The van der Waals surface area contributed by atoms with Gasteiger partial charge in [0.1, 0.15) is 5.82 Å². The molecule has 0 spiro atoms. The third-order valence-electron chi connectivity index (χ3n) is 3.03. The highest BCUT2D eigenvalue weighted by atomic mass is 79.9. The highest BCUT2D eigenvalue weighted by molar-refractivity contribution is 9.10. The van der Waals surface area contributed by atoms with Gasteiger partial charge in [0.2, 0.25) is 5.95 Å². The average Bonchev–Trinajstić information content (AvgIpc) is 2.44. The molecule has 0 aliphatic rings. The summed E-state index contributed by atoms with van der Waals surface area (Å²) in [6, 6.07) is 8.44. The van der Waals surface area contributed by atoms with E-state index in [-0.39, 0.29) is 0 Å². The number of nitrogens with one attached hydrogen (secondary N) is 2. The minimum absolute atomic E-state index is 0.647. The Kier molecular flexibility index (Phi) is 5.35. The molecule has 0 bridgehead atoms. The molecule has 0 radical (unpaired) electrons. The second kappa shape index (κ2) is 7.24. The number of nitrogens with zero attached hydrogens (tertiary/aromatic N) is 2. The lowest BCUT2D eigenvalue weighted by molar-refractivity contribution is 0.981. The second-order valence-electron chi connectivity index (χ2n) is 4.52. The fraction of sp³-hybridized carbons (Fsp3) is 0.333. The molecule has 0 atom stereocenters. The largest absolute Gasteiger partial charge is 0.369 e. The maximum atomic E-state index is 4.44. The first kappa shape index (κ1) is 14.8. The number of hydrogen-bond donors (Lipinski definition) is 2. The summed E-state index contributed by atoms with van der Waals surface area (Å²) in [5.41, 5.74) is 2.68. The van der Waals surface area contributed by atoms with Crippen LogP contribution >= 0.6 is 15.9 Å². The fourth-order valence-corrected chi connectivity index (χ4v) is 2.27. The predicted molar refractivity (Wildman–Crippen MR) is 87.3 cm³/mol. The number of anilines is 2. The highest BCUT2D eigenvalue weighted by Gasteiger charge is 2.04. The Hall–Kier alpha value is -1.62. The summed E-state index contributed by atoms with van der Waals surface area (Å²) in [5.74, 6) is 1.47. The lowest BCUT2D eigenvalue weighted by Gasteiger charge is -2.10. The Morgan fingerprint density at radius 1 is 1.20 bits per heavy atom. The van der Waals surface area contributed by atoms with Crippen molar-refractivity contribution in [2.75, 3.05) is 23.7 Å². The van der Waals surface area contributed by atoms with Crippen molar-refractivity contribution in [2.45, 2.75) is 20.3 Å². The van der Waals surface area contributed by atoms with Crippen molar-refractivity contribution in [1.29, 1.82) is 0 Å². The lowest BCUT2D eigenvalue weighted by atomic mass is 10.1. The standard InChI is InChI=1S/C15H19BrN4/c1-3-17-15-19-10-13(16)14(20-15)18-9-8-12-7-5-4-6-11(12)2/h4-7,10H,3,8-9H2,1-2H3,(H2,17,18,19,20). The van der Waals surface area contributed by atoms with Gasteiger partial charge >= 0.3 is 0 Å². The SMILES string of the molecule is CCNc1ncc(Br)c(NCCc2ccccc2C)n1. The van der Waals surface area contributed by atoms with Crippen LogP contribution in [-0.2, 0) is 6.42 Å². The maximum absolute atomic E-state index is 4.44. The molecule has 1 heterocycles. The minimum atomic E-state index is 0.647. The van der Waals surface area contributed by atoms with Crippen LogP contribution in [-0.4, -0.2) is 23.1 Å². The monoisotopic (exact) mass is 334 g/mol. The van der Waals surface area contributed by atoms with Gasteiger partial charge in [-0.25, -0.2) is 4.98 Å². The molecule has 0 unspecified atom stereocenters. The smallest absolute Gasteiger partial charge is 0.224 e. The first-order chi connectivity index (χ1) is 9.70. The van der Waals surface area contributed by atoms with Crippen LogP contribution in [0.15, 0.2) is 34.9 Å². The van der Waals surface area contributed by atoms with Gasteiger partial charge in [0.25, 0.3) is 0 Å². The fourth-order valence-electron chi connectivity index (χ4n) is 1.94. The van der Waals surface area contributed by atoms with Crippen molar-refractivity contribution in [3.63, 3.8) is 0 Å². The van der Waals surface area contributed by atoms with Crippen LogP contribution in [0.25, 0.3) is 0 Å². The van der Waals surface area contributed by atoms with E-state index in [0.29, 0.717) is 5.95 Å². The zero-order valence-corrected chi connectivity index (χ0v) is 13.4. The van der Waals surface area contributed by atoms with Crippen LogP contribution in [0.5, 0.6) is 0 Å². The summed E-state index contributed by atoms with van der Waals surface area (Å²) in [6.07, 6.45) is 2.74. The van der Waals surface area contributed by atoms with Gasteiger partial charge in [-0.05, 0) is 47.3 Å². The van der Waals surface area contributed by atoms with Crippen LogP contribution in [0.4, 0.5) is 11.8 Å². The van der Waals surface area contributed by atoms with E-state index in [0.717, 1.165) is 29.8 Å². The molecule has 0 saturated heterocycles. The van der Waals surface area contributed by atoms with Crippen molar-refractivity contribution in [2.24, 2.45) is 0 Å². The van der Waals surface area contributed by atoms with E-state index < -0.39 is 0 Å². The first-order valence-corrected chi connectivity index (χ1v) is 7.54. The molecule has 5 heteroatoms. The van der Waals surface area contributed by atoms with E-state index in [1.54, 1.807) is 6.20 Å². The van der Waals surface area contributed by atoms with E-state index in [2.05, 4.69) is 67.7 Å². The minimum Gasteiger partial charge on any atom is -0.369 e. The third-order valence-corrected chi connectivity index (χ3v) is 3.61. The molecular weight excluding hydrogens is 316 g/mol. The van der Waals surface area contributed by atoms with Gasteiger partial charge in [0, 0.05) is 19.3 Å². The van der Waals surface area contributed by atoms with Gasteiger partial charge in [0.05, 0.1) is 4.47 Å². The van der Waals surface area contributed by atoms with Gasteiger partial charge < -0.3 is 10.6 Å². The quantitative estimate of drug-likeness (QED) is 0.846. The summed E-state index contributed by atoms with van der Waals surface area (Å²) in [4.78, 5) is 8.64. The van der Waals surface area contributed by atoms with Crippen LogP contribution in [0, 0.1) is 6.92 Å². The molecule has 20 heavy (non-hydrogen) atoms. The zero-order valence-electron chi connectivity index (χ0n) is 11.8. The number of hydrogen-bond acceptors (Lipinski definition) is 4. The Bertz CT molecular complexity index is 572. The molecule has 1 aromatic heterocycles. The number of aryl methyl sites for hydroxylation is 1. The van der Waals surface area contributed by atoms with Crippen LogP contribution < -0.4 is 10.6 Å². The normalized spacial score (nSPS) is 10.3. The van der Waals surface area contributed by atoms with Crippen molar-refractivity contribution in [3.8, 4) is 0 Å². The average molecular weight is 335 g/mol. The molecule has 2 aromatic rings. The summed E-state index contributed by atoms with van der Waals surface area (Å²) < 4.78 is 0.879. The third kappa shape index (κ3) is 3.93. The van der Waals surface area contributed by atoms with Crippen molar-refractivity contribution < 1.29 is 0 Å². The van der Waals surface area contributed by atoms with E-state index in [4.69, 9.17) is 0 Å². The molecule has 0 saturated carbocycles. The van der Waals surface area contributed by atoms with Gasteiger partial charge in [-0.15, -0.1) is 0 Å². The topological polar surface area (TPSA) is 49.8 Å². The predicted octanol–water partition coefficient (Wildman–Crippen LogP) is 3.63. The molecular formula is C15H19BrN4. The van der Waals surface area contributed by atoms with E-state index in [9.17, 15) is 0 Å². The summed E-state index contributed by atoms with van der Waals surface area (Å²) in [5, 5.41) is 6.46. The van der Waals surface area contributed by atoms with Crippen LogP contribution in [0.2, 0.25) is 0 Å². The molecule has 2 rings (SSSR count). The number of aromatic nitrogens is 2. The molecule has 0 fully saturated rings. The van der Waals surface area contributed by atoms with Gasteiger partial charge in [-0.3, -0.25) is 0 Å². The van der Waals surface area contributed by atoms with Gasteiger partial charge in [-0.2, -0.15) is 4.98 Å². The van der Waals surface area contributed by atoms with E-state index >= 15 is 0 Å². The highest BCUT2D eigenvalue weighted by Crippen LogP contribution is 2.20. The summed E-state index contributed by atoms with van der Waals surface area (Å²) >= 11 is 3.47. The number of benzene rings is 1. The molecule has 106 valence electrons. The van der Waals surface area contributed by atoms with Crippen molar-refractivity contribution in [3.05, 3.63) is 46.1 Å². The van der Waals surface area contributed by atoms with Crippen molar-refractivity contribution >= 4 is 27.7 Å². The molecule has 0 aliphatic heterocycles. The number of halogens is 1. The Balaban J connectivity index is 1.97. The number of rotatable bonds is 6. The zero-order chi connectivity index (χ0) is 14.4. The first-order valence-electron chi connectivity index (χ1n) is 6.75. The van der Waals surface area contributed by atoms with E-state index in [1.807, 2.05) is 6.92 Å². The maximum Gasteiger partial charge on any atom is 0.224 e. The second-order valence-corrected chi connectivity index (χ2v) is 5.38. The van der Waals surface area contributed by atoms with E-state index in [1.165, 1.54) is 11.1 Å². The summed E-state index contributed by atoms with van der Waals surface area (Å²) in [7, 11) is 0. The Morgan fingerprint density at radius 3 is 2.75 bits per heavy atom. The molecule has 1 aromatic carbocycles. The molecule has 2 N–H and O–H groups in total. The van der Waals surface area contributed by atoms with Crippen molar-refractivity contribution in [1.82, 2.24) is 9.97 Å². The van der Waals surface area contributed by atoms with Crippen LogP contribution in [0.3, 0.4) is 0 Å². The molecule has 4 nitrogen and oxygen atoms in total. The summed E-state index contributed by atoms with van der Waals surface area (Å²) in [6.45, 7) is 5.81. The van der Waals surface area contributed by atoms with Crippen LogP contribution in [0.1, 0.15) is 18.1 Å². The van der Waals surface area contributed by atoms with Gasteiger partial charge in [0.15, 0.2) is 0 Å². The molecule has 0 aliphatic carbocycles.